The van der Waals surface area contributed by atoms with E-state index in [4.69, 9.17) is 0 Å². The molecule has 2 aromatic rings. The summed E-state index contributed by atoms with van der Waals surface area (Å²) in [4.78, 5) is 13.3. The number of hydrogen-bond donors (Lipinski definition) is 0. The summed E-state index contributed by atoms with van der Waals surface area (Å²) in [6.45, 7) is 2.75. The highest BCUT2D eigenvalue weighted by Gasteiger charge is 2.34. The highest BCUT2D eigenvalue weighted by Crippen LogP contribution is 2.28. The lowest BCUT2D eigenvalue weighted by Gasteiger charge is -2.35. The average molecular weight is 412 g/mol. The van der Waals surface area contributed by atoms with Crippen molar-refractivity contribution in [1.29, 1.82) is 0 Å². The van der Waals surface area contributed by atoms with E-state index in [0.29, 0.717) is 23.3 Å². The maximum atomic E-state index is 13.0. The fourth-order valence-electron chi connectivity index (χ4n) is 3.43. The third-order valence-corrected chi connectivity index (χ3v) is 7.07. The fourth-order valence-corrected chi connectivity index (χ4v) is 5.22. The van der Waals surface area contributed by atoms with E-state index in [2.05, 4.69) is 5.10 Å². The number of piperazine rings is 1. The van der Waals surface area contributed by atoms with Crippen molar-refractivity contribution in [2.75, 3.05) is 31.1 Å². The third kappa shape index (κ3) is 3.66. The van der Waals surface area contributed by atoms with Crippen LogP contribution >= 0.6 is 0 Å². The molecule has 152 valence electrons. The fraction of sp³-hybridized carbons (Fsp3) is 0.444. The van der Waals surface area contributed by atoms with Gasteiger partial charge in [-0.2, -0.15) is 18.2 Å². The van der Waals surface area contributed by atoms with E-state index in [1.165, 1.54) is 25.1 Å². The van der Waals surface area contributed by atoms with E-state index in [1.54, 1.807) is 12.1 Å². The van der Waals surface area contributed by atoms with Gasteiger partial charge < -0.3 is 4.90 Å². The number of Topliss-reactive ketones (excluding diaryl/α,β-unsaturated/α-hetero) is 1. The number of aromatic nitrogens is 2. The summed E-state index contributed by atoms with van der Waals surface area (Å²) >= 11 is 0. The van der Waals surface area contributed by atoms with Crippen LogP contribution in [0.4, 0.5) is 14.5 Å². The summed E-state index contributed by atoms with van der Waals surface area (Å²) in [5.41, 5.74) is 1.53. The highest BCUT2D eigenvalue weighted by atomic mass is 32.2. The molecule has 0 atom stereocenters. The standard InChI is InChI=1S/C18H22F2N4O3S/c1-12-17(13(2)24(21-12)18(19)20)28(26,27)23-10-8-22(9-11-23)16-6-4-15(5-7-16)14(3)25/h4-7,18H,8-11H2,1-3H3. The number of aryl methyl sites for hydroxylation is 1. The summed E-state index contributed by atoms with van der Waals surface area (Å²) in [5.74, 6) is -0.0162. The van der Waals surface area contributed by atoms with Gasteiger partial charge in [0.15, 0.2) is 5.78 Å². The summed E-state index contributed by atoms with van der Waals surface area (Å²) < 4.78 is 53.8. The van der Waals surface area contributed by atoms with Gasteiger partial charge in [0, 0.05) is 37.4 Å². The van der Waals surface area contributed by atoms with Gasteiger partial charge in [0.1, 0.15) is 4.90 Å². The number of benzene rings is 1. The summed E-state index contributed by atoms with van der Waals surface area (Å²) in [7, 11) is -3.91. The Kier molecular flexibility index (Phi) is 5.53. The Balaban J connectivity index is 1.76. The van der Waals surface area contributed by atoms with Gasteiger partial charge in [0.2, 0.25) is 10.0 Å². The van der Waals surface area contributed by atoms with Crippen LogP contribution in [0, 0.1) is 13.8 Å². The molecule has 1 fully saturated rings. The molecule has 1 aliphatic heterocycles. The van der Waals surface area contributed by atoms with Crippen LogP contribution in [0.1, 0.15) is 35.2 Å². The molecule has 2 heterocycles. The maximum Gasteiger partial charge on any atom is 0.333 e. The van der Waals surface area contributed by atoms with Crippen molar-refractivity contribution in [2.24, 2.45) is 0 Å². The molecule has 28 heavy (non-hydrogen) atoms. The van der Waals surface area contributed by atoms with E-state index in [-0.39, 0.29) is 35.2 Å². The Morgan fingerprint density at radius 1 is 1.07 bits per heavy atom. The Morgan fingerprint density at radius 3 is 2.11 bits per heavy atom. The van der Waals surface area contributed by atoms with Crippen LogP contribution in [0.5, 0.6) is 0 Å². The molecule has 1 aromatic carbocycles. The van der Waals surface area contributed by atoms with Crippen LogP contribution < -0.4 is 4.90 Å². The number of sulfonamides is 1. The van der Waals surface area contributed by atoms with Crippen LogP contribution in [0.25, 0.3) is 0 Å². The van der Waals surface area contributed by atoms with Gasteiger partial charge in [-0.25, -0.2) is 13.1 Å². The Morgan fingerprint density at radius 2 is 1.64 bits per heavy atom. The van der Waals surface area contributed by atoms with Crippen molar-refractivity contribution in [3.8, 4) is 0 Å². The minimum atomic E-state index is -3.91. The molecule has 0 aliphatic carbocycles. The SMILES string of the molecule is CC(=O)c1ccc(N2CCN(S(=O)(=O)c3c(C)nn(C(F)F)c3C)CC2)cc1. The van der Waals surface area contributed by atoms with Gasteiger partial charge in [-0.15, -0.1) is 0 Å². The zero-order valence-corrected chi connectivity index (χ0v) is 16.7. The number of nitrogens with zero attached hydrogens (tertiary/aromatic N) is 4. The van der Waals surface area contributed by atoms with Crippen molar-refractivity contribution in [2.45, 2.75) is 32.2 Å². The quantitative estimate of drug-likeness (QED) is 0.706. The number of hydrogen-bond acceptors (Lipinski definition) is 5. The van der Waals surface area contributed by atoms with Crippen molar-refractivity contribution < 1.29 is 22.0 Å². The predicted molar refractivity (Wildman–Crippen MR) is 100 cm³/mol. The van der Waals surface area contributed by atoms with Gasteiger partial charge in [-0.3, -0.25) is 4.79 Å². The van der Waals surface area contributed by atoms with E-state index in [9.17, 15) is 22.0 Å². The molecule has 0 radical (unpaired) electrons. The molecule has 0 spiro atoms. The normalized spacial score (nSPS) is 16.0. The molecule has 10 heteroatoms. The van der Waals surface area contributed by atoms with Crippen LogP contribution in [-0.2, 0) is 10.0 Å². The smallest absolute Gasteiger partial charge is 0.333 e. The molecule has 0 unspecified atom stereocenters. The first kappa shape index (κ1) is 20.4. The Bertz CT molecular complexity index is 979. The number of carbonyl (C=O) groups is 1. The minimum absolute atomic E-state index is 0.0162. The lowest BCUT2D eigenvalue weighted by Crippen LogP contribution is -2.48. The molecule has 1 aromatic heterocycles. The first-order valence-electron chi connectivity index (χ1n) is 8.83. The maximum absolute atomic E-state index is 13.0. The van der Waals surface area contributed by atoms with Gasteiger partial charge in [0.05, 0.1) is 11.4 Å². The minimum Gasteiger partial charge on any atom is -0.369 e. The van der Waals surface area contributed by atoms with E-state index >= 15 is 0 Å². The van der Waals surface area contributed by atoms with Gasteiger partial charge in [-0.05, 0) is 45.0 Å². The van der Waals surface area contributed by atoms with Crippen LogP contribution in [0.2, 0.25) is 0 Å². The largest absolute Gasteiger partial charge is 0.369 e. The van der Waals surface area contributed by atoms with Crippen LogP contribution in [0.3, 0.4) is 0 Å². The predicted octanol–water partition coefficient (Wildman–Crippen LogP) is 2.61. The van der Waals surface area contributed by atoms with Crippen LogP contribution in [0.15, 0.2) is 29.2 Å². The molecule has 1 saturated heterocycles. The zero-order valence-electron chi connectivity index (χ0n) is 15.9. The first-order valence-corrected chi connectivity index (χ1v) is 10.3. The lowest BCUT2D eigenvalue weighted by atomic mass is 10.1. The lowest BCUT2D eigenvalue weighted by molar-refractivity contribution is 0.0538. The molecule has 0 N–H and O–H groups in total. The highest BCUT2D eigenvalue weighted by molar-refractivity contribution is 7.89. The zero-order chi connectivity index (χ0) is 20.6. The Labute approximate surface area is 162 Å². The second kappa shape index (κ2) is 7.59. The second-order valence-electron chi connectivity index (χ2n) is 6.72. The molecular formula is C18H22F2N4O3S. The molecule has 0 amide bonds. The average Bonchev–Trinajstić information content (AvgIpc) is 2.97. The van der Waals surface area contributed by atoms with E-state index < -0.39 is 16.6 Å². The molecule has 0 bridgehead atoms. The second-order valence-corrected chi connectivity index (χ2v) is 8.59. The number of rotatable bonds is 5. The van der Waals surface area contributed by atoms with Crippen molar-refractivity contribution >= 4 is 21.5 Å². The molecule has 3 rings (SSSR count). The third-order valence-electron chi connectivity index (χ3n) is 4.92. The molecule has 0 saturated carbocycles. The first-order chi connectivity index (χ1) is 13.1. The molecule has 7 nitrogen and oxygen atoms in total. The summed E-state index contributed by atoms with van der Waals surface area (Å²) in [6, 6.07) is 7.15. The summed E-state index contributed by atoms with van der Waals surface area (Å²) in [6.07, 6.45) is 0. The van der Waals surface area contributed by atoms with E-state index in [1.807, 2.05) is 17.0 Å². The van der Waals surface area contributed by atoms with Gasteiger partial charge in [0.25, 0.3) is 0 Å². The number of alkyl halides is 2. The van der Waals surface area contributed by atoms with Gasteiger partial charge >= 0.3 is 6.55 Å². The topological polar surface area (TPSA) is 75.5 Å². The Hall–Kier alpha value is -2.33. The van der Waals surface area contributed by atoms with Crippen molar-refractivity contribution in [3.05, 3.63) is 41.2 Å². The molecule has 1 aliphatic rings. The number of halogens is 2. The molecular weight excluding hydrogens is 390 g/mol. The van der Waals surface area contributed by atoms with Gasteiger partial charge in [-0.1, -0.05) is 0 Å². The monoisotopic (exact) mass is 412 g/mol. The number of carbonyl (C=O) groups excluding carboxylic acids is 1. The van der Waals surface area contributed by atoms with Crippen molar-refractivity contribution in [1.82, 2.24) is 14.1 Å². The van der Waals surface area contributed by atoms with Crippen molar-refractivity contribution in [3.63, 3.8) is 0 Å². The number of anilines is 1. The number of ketones is 1. The summed E-state index contributed by atoms with van der Waals surface area (Å²) in [5, 5.41) is 3.68. The van der Waals surface area contributed by atoms with Crippen LogP contribution in [-0.4, -0.2) is 54.5 Å². The van der Waals surface area contributed by atoms with E-state index in [0.717, 1.165) is 5.69 Å².